The highest BCUT2D eigenvalue weighted by Crippen LogP contribution is 2.24. The van der Waals surface area contributed by atoms with Crippen LogP contribution in [0.5, 0.6) is 0 Å². The first kappa shape index (κ1) is 16.2. The Morgan fingerprint density at radius 3 is 2.86 bits per heavy atom. The summed E-state index contributed by atoms with van der Waals surface area (Å²) in [4.78, 5) is 12.8. The van der Waals surface area contributed by atoms with E-state index in [1.165, 1.54) is 6.07 Å². The van der Waals surface area contributed by atoms with Crippen LogP contribution in [0.1, 0.15) is 12.5 Å². The van der Waals surface area contributed by atoms with Crippen molar-refractivity contribution in [1.82, 2.24) is 10.2 Å². The van der Waals surface area contributed by atoms with Crippen molar-refractivity contribution in [2.24, 2.45) is 0 Å². The van der Waals surface area contributed by atoms with Crippen LogP contribution in [-0.2, 0) is 11.3 Å². The summed E-state index contributed by atoms with van der Waals surface area (Å²) in [5.41, 5.74) is 0.816. The molecule has 0 radical (unpaired) electrons. The molecule has 0 saturated carbocycles. The Balaban J connectivity index is 1.84. The number of rotatable bonds is 6. The molecular formula is C14H20ClN3O3. The fourth-order valence-electron chi connectivity index (χ4n) is 2.34. The largest absolute Gasteiger partial charge is 0.379 e. The summed E-state index contributed by atoms with van der Waals surface area (Å²) in [6, 6.07) is 5.21. The minimum absolute atomic E-state index is 0.0446. The Morgan fingerprint density at radius 2 is 2.19 bits per heavy atom. The maximum Gasteiger partial charge on any atom is 0.288 e. The highest BCUT2D eigenvalue weighted by Gasteiger charge is 2.15. The number of nitro benzene ring substituents is 1. The molecule has 0 aromatic heterocycles. The smallest absolute Gasteiger partial charge is 0.288 e. The number of morpholine rings is 1. The van der Waals surface area contributed by atoms with Crippen LogP contribution in [-0.4, -0.2) is 48.7 Å². The van der Waals surface area contributed by atoms with Gasteiger partial charge in [0.2, 0.25) is 0 Å². The molecule has 116 valence electrons. The molecule has 1 aliphatic rings. The van der Waals surface area contributed by atoms with Crippen LogP contribution in [0, 0.1) is 10.1 Å². The molecule has 6 nitrogen and oxygen atoms in total. The number of hydrogen-bond donors (Lipinski definition) is 1. The quantitative estimate of drug-likeness (QED) is 0.643. The van der Waals surface area contributed by atoms with Crippen LogP contribution >= 0.6 is 11.6 Å². The third kappa shape index (κ3) is 4.93. The van der Waals surface area contributed by atoms with Crippen LogP contribution in [0.4, 0.5) is 5.69 Å². The molecule has 1 heterocycles. The number of benzene rings is 1. The van der Waals surface area contributed by atoms with Crippen LogP contribution in [0.25, 0.3) is 0 Å². The summed E-state index contributed by atoms with van der Waals surface area (Å²) in [6.45, 7) is 7.13. The van der Waals surface area contributed by atoms with E-state index >= 15 is 0 Å². The second kappa shape index (κ2) is 7.70. The Hall–Kier alpha value is -1.21. The fraction of sp³-hybridized carbons (Fsp3) is 0.571. The summed E-state index contributed by atoms with van der Waals surface area (Å²) < 4.78 is 5.32. The van der Waals surface area contributed by atoms with E-state index in [2.05, 4.69) is 17.1 Å². The lowest BCUT2D eigenvalue weighted by molar-refractivity contribution is -0.384. The fourth-order valence-corrected chi connectivity index (χ4v) is 2.52. The highest BCUT2D eigenvalue weighted by atomic mass is 35.5. The van der Waals surface area contributed by atoms with E-state index in [0.717, 1.165) is 38.4 Å². The number of nitrogens with zero attached hydrogens (tertiary/aromatic N) is 2. The zero-order valence-corrected chi connectivity index (χ0v) is 12.8. The Bertz CT molecular complexity index is 492. The maximum atomic E-state index is 10.9. The minimum atomic E-state index is -0.455. The van der Waals surface area contributed by atoms with Crippen LogP contribution in [0.2, 0.25) is 5.02 Å². The predicted molar refractivity (Wildman–Crippen MR) is 81.7 cm³/mol. The number of nitro groups is 1. The van der Waals surface area contributed by atoms with E-state index in [1.54, 1.807) is 6.07 Å². The summed E-state index contributed by atoms with van der Waals surface area (Å²) >= 11 is 5.80. The molecule has 0 bridgehead atoms. The third-order valence-electron chi connectivity index (χ3n) is 3.50. The molecule has 1 fully saturated rings. The average Bonchev–Trinajstić information content (AvgIpc) is 2.47. The third-order valence-corrected chi connectivity index (χ3v) is 3.82. The first-order chi connectivity index (χ1) is 10.1. The van der Waals surface area contributed by atoms with E-state index in [4.69, 9.17) is 16.3 Å². The van der Waals surface area contributed by atoms with Gasteiger partial charge in [0.25, 0.3) is 5.69 Å². The van der Waals surface area contributed by atoms with Gasteiger partial charge in [-0.3, -0.25) is 15.0 Å². The lowest BCUT2D eigenvalue weighted by Crippen LogP contribution is -2.44. The zero-order valence-electron chi connectivity index (χ0n) is 12.0. The van der Waals surface area contributed by atoms with Gasteiger partial charge in [-0.2, -0.15) is 0 Å². The lowest BCUT2D eigenvalue weighted by Gasteiger charge is -2.29. The van der Waals surface area contributed by atoms with E-state index in [0.29, 0.717) is 12.6 Å². The number of halogens is 1. The number of ether oxygens (including phenoxy) is 1. The van der Waals surface area contributed by atoms with Gasteiger partial charge in [0, 0.05) is 38.3 Å². The first-order valence-corrected chi connectivity index (χ1v) is 7.40. The summed E-state index contributed by atoms with van der Waals surface area (Å²) in [5, 5.41) is 14.4. The van der Waals surface area contributed by atoms with Gasteiger partial charge in [-0.1, -0.05) is 17.7 Å². The van der Waals surface area contributed by atoms with Gasteiger partial charge in [-0.25, -0.2) is 0 Å². The van der Waals surface area contributed by atoms with Crippen molar-refractivity contribution in [2.75, 3.05) is 32.8 Å². The summed E-state index contributed by atoms with van der Waals surface area (Å²) in [7, 11) is 0. The molecule has 1 saturated heterocycles. The van der Waals surface area contributed by atoms with E-state index < -0.39 is 4.92 Å². The van der Waals surface area contributed by atoms with Gasteiger partial charge in [-0.05, 0) is 18.6 Å². The van der Waals surface area contributed by atoms with Gasteiger partial charge < -0.3 is 10.1 Å². The predicted octanol–water partition coefficient (Wildman–Crippen LogP) is 2.06. The van der Waals surface area contributed by atoms with Crippen LogP contribution < -0.4 is 5.32 Å². The van der Waals surface area contributed by atoms with Crippen molar-refractivity contribution >= 4 is 17.3 Å². The van der Waals surface area contributed by atoms with Gasteiger partial charge in [0.05, 0.1) is 18.1 Å². The van der Waals surface area contributed by atoms with Gasteiger partial charge in [-0.15, -0.1) is 0 Å². The molecule has 0 aliphatic carbocycles. The maximum absolute atomic E-state index is 10.9. The van der Waals surface area contributed by atoms with Crippen molar-refractivity contribution in [2.45, 2.75) is 19.5 Å². The molecule has 1 N–H and O–H groups in total. The van der Waals surface area contributed by atoms with E-state index in [-0.39, 0.29) is 10.7 Å². The molecule has 1 atom stereocenters. The Kier molecular flexibility index (Phi) is 5.93. The monoisotopic (exact) mass is 313 g/mol. The lowest BCUT2D eigenvalue weighted by atomic mass is 10.2. The molecule has 1 aromatic carbocycles. The molecule has 2 rings (SSSR count). The topological polar surface area (TPSA) is 67.6 Å². The zero-order chi connectivity index (χ0) is 15.2. The minimum Gasteiger partial charge on any atom is -0.379 e. The molecule has 1 aromatic rings. The van der Waals surface area contributed by atoms with Crippen molar-refractivity contribution in [3.8, 4) is 0 Å². The number of hydrogen-bond acceptors (Lipinski definition) is 5. The molecule has 7 heteroatoms. The molecule has 1 aliphatic heterocycles. The van der Waals surface area contributed by atoms with E-state index in [1.807, 2.05) is 6.07 Å². The van der Waals surface area contributed by atoms with E-state index in [9.17, 15) is 10.1 Å². The molecule has 0 spiro atoms. The van der Waals surface area contributed by atoms with Gasteiger partial charge >= 0.3 is 0 Å². The first-order valence-electron chi connectivity index (χ1n) is 7.02. The molecule has 21 heavy (non-hydrogen) atoms. The summed E-state index contributed by atoms with van der Waals surface area (Å²) in [5.74, 6) is 0. The second-order valence-corrected chi connectivity index (χ2v) is 5.65. The second-order valence-electron chi connectivity index (χ2n) is 5.24. The average molecular weight is 314 g/mol. The van der Waals surface area contributed by atoms with Gasteiger partial charge in [0.1, 0.15) is 5.02 Å². The molecule has 1 unspecified atom stereocenters. The van der Waals surface area contributed by atoms with Gasteiger partial charge in [0.15, 0.2) is 0 Å². The summed E-state index contributed by atoms with van der Waals surface area (Å²) in [6.07, 6.45) is 0. The Morgan fingerprint density at radius 1 is 1.48 bits per heavy atom. The highest BCUT2D eigenvalue weighted by molar-refractivity contribution is 6.32. The van der Waals surface area contributed by atoms with Crippen LogP contribution in [0.15, 0.2) is 18.2 Å². The van der Waals surface area contributed by atoms with Crippen LogP contribution in [0.3, 0.4) is 0 Å². The van der Waals surface area contributed by atoms with Crippen molar-refractivity contribution < 1.29 is 9.66 Å². The molecular weight excluding hydrogens is 294 g/mol. The van der Waals surface area contributed by atoms with Crippen molar-refractivity contribution in [1.29, 1.82) is 0 Å². The Labute approximate surface area is 129 Å². The number of nitrogens with one attached hydrogen (secondary N) is 1. The normalized spacial score (nSPS) is 17.6. The standard InChI is InChI=1S/C14H20ClN3O3/c1-11(10-17-4-6-21-7-5-17)16-9-12-2-3-13(15)14(8-12)18(19)20/h2-3,8,11,16H,4-7,9-10H2,1H3. The van der Waals surface area contributed by atoms with Crippen molar-refractivity contribution in [3.05, 3.63) is 38.9 Å². The molecule has 0 amide bonds. The SMILES string of the molecule is CC(CN1CCOCC1)NCc1ccc(Cl)c([N+](=O)[O-])c1. The van der Waals surface area contributed by atoms with Crippen molar-refractivity contribution in [3.63, 3.8) is 0 Å².